The summed E-state index contributed by atoms with van der Waals surface area (Å²) in [5.41, 5.74) is -1.01. The molecular weight excluding hydrogens is 532 g/mol. The summed E-state index contributed by atoms with van der Waals surface area (Å²) < 4.78 is 81.0. The number of hydrogen-bond acceptors (Lipinski definition) is 8. The number of amides is 2. The second kappa shape index (κ2) is 8.71. The summed E-state index contributed by atoms with van der Waals surface area (Å²) in [6.45, 7) is -0.682. The van der Waals surface area contributed by atoms with E-state index in [2.05, 4.69) is 29.6 Å². The number of alkyl halides is 4. The van der Waals surface area contributed by atoms with Crippen LogP contribution < -0.4 is 39.1 Å². The van der Waals surface area contributed by atoms with E-state index < -0.39 is 35.5 Å². The van der Waals surface area contributed by atoms with Crippen molar-refractivity contribution in [3.05, 3.63) is 36.4 Å². The molecule has 0 saturated heterocycles. The Bertz CT molecular complexity index is 1230. The van der Waals surface area contributed by atoms with E-state index in [0.717, 1.165) is 0 Å². The molecule has 0 unspecified atom stereocenters. The van der Waals surface area contributed by atoms with Gasteiger partial charge in [-0.3, -0.25) is 9.59 Å². The molecule has 4 aliphatic rings. The molecule has 2 aliphatic heterocycles. The van der Waals surface area contributed by atoms with Crippen molar-refractivity contribution >= 4 is 11.8 Å². The maximum absolute atomic E-state index is 13.2. The van der Waals surface area contributed by atoms with Gasteiger partial charge in [0, 0.05) is 23.2 Å². The summed E-state index contributed by atoms with van der Waals surface area (Å²) in [7, 11) is 0. The fourth-order valence-corrected chi connectivity index (χ4v) is 5.55. The van der Waals surface area contributed by atoms with E-state index in [4.69, 9.17) is 9.47 Å². The third-order valence-electron chi connectivity index (χ3n) is 7.14. The molecule has 2 aromatic carbocycles. The Morgan fingerprint density at radius 1 is 0.667 bits per heavy atom. The molecule has 14 heteroatoms. The van der Waals surface area contributed by atoms with Crippen LogP contribution >= 0.6 is 0 Å². The molecule has 2 N–H and O–H groups in total. The zero-order chi connectivity index (χ0) is 27.5. The molecule has 39 heavy (non-hydrogen) atoms. The second-order valence-corrected chi connectivity index (χ2v) is 9.96. The average Bonchev–Trinajstić information content (AvgIpc) is 3.56. The van der Waals surface area contributed by atoms with Crippen LogP contribution in [0.25, 0.3) is 0 Å². The van der Waals surface area contributed by atoms with Crippen LogP contribution in [0, 0.1) is 0 Å². The van der Waals surface area contributed by atoms with Gasteiger partial charge >= 0.3 is 12.6 Å². The Kier molecular flexibility index (Phi) is 5.63. The van der Waals surface area contributed by atoms with Gasteiger partial charge in [-0.2, -0.15) is 0 Å². The molecule has 0 spiro atoms. The van der Waals surface area contributed by atoms with Crippen molar-refractivity contribution in [1.82, 2.24) is 10.6 Å². The monoisotopic (exact) mass is 554 g/mol. The van der Waals surface area contributed by atoms with Gasteiger partial charge in [-0.05, 0) is 56.4 Å². The van der Waals surface area contributed by atoms with E-state index in [1.165, 1.54) is 36.4 Å². The lowest BCUT2D eigenvalue weighted by Gasteiger charge is -2.29. The smallest absolute Gasteiger partial charge is 0.484 e. The highest BCUT2D eigenvalue weighted by Gasteiger charge is 2.55. The van der Waals surface area contributed by atoms with E-state index in [1.54, 1.807) is 0 Å². The Hall–Kier alpha value is -4.10. The number of carbonyl (C=O) groups excluding carboxylic acids is 2. The quantitative estimate of drug-likeness (QED) is 0.477. The fourth-order valence-electron chi connectivity index (χ4n) is 5.55. The summed E-state index contributed by atoms with van der Waals surface area (Å²) in [5.74, 6) is -1.08. The lowest BCUT2D eigenvalue weighted by molar-refractivity contribution is -0.287. The molecule has 0 atom stereocenters. The Morgan fingerprint density at radius 2 is 1.05 bits per heavy atom. The summed E-state index contributed by atoms with van der Waals surface area (Å²) in [4.78, 5) is 25.2. The van der Waals surface area contributed by atoms with Crippen molar-refractivity contribution in [3.8, 4) is 34.5 Å². The first-order valence-corrected chi connectivity index (χ1v) is 12.1. The van der Waals surface area contributed by atoms with Crippen molar-refractivity contribution < 1.29 is 55.6 Å². The largest absolute Gasteiger partial charge is 0.586 e. The molecule has 2 bridgehead atoms. The lowest BCUT2D eigenvalue weighted by atomic mass is 9.91. The van der Waals surface area contributed by atoms with Crippen LogP contribution in [0.15, 0.2) is 36.4 Å². The van der Waals surface area contributed by atoms with Gasteiger partial charge in [0.25, 0.3) is 11.8 Å². The van der Waals surface area contributed by atoms with Gasteiger partial charge < -0.3 is 39.1 Å². The SMILES string of the molecule is O=C(COc1ccc2c(c1)OC(F)(F)O2)NC12CCC(NC(=O)COc3ccc4c(c3)OC(F)(F)O4)(CC1)C2. The molecular formula is C25H22F4N2O8. The number of ether oxygens (including phenoxy) is 6. The summed E-state index contributed by atoms with van der Waals surface area (Å²) in [6.07, 6.45) is -4.38. The van der Waals surface area contributed by atoms with Gasteiger partial charge in [0.05, 0.1) is 0 Å². The van der Waals surface area contributed by atoms with Crippen LogP contribution in [0.4, 0.5) is 17.6 Å². The third kappa shape index (κ3) is 5.14. The zero-order valence-electron chi connectivity index (χ0n) is 20.2. The normalized spacial score (nSPS) is 26.3. The predicted octanol–water partition coefficient (Wildman–Crippen LogP) is 3.48. The first-order valence-electron chi connectivity index (χ1n) is 12.1. The zero-order valence-corrected chi connectivity index (χ0v) is 20.2. The maximum Gasteiger partial charge on any atom is 0.586 e. The van der Waals surface area contributed by atoms with Crippen LogP contribution in [0.5, 0.6) is 34.5 Å². The number of rotatable bonds is 8. The minimum atomic E-state index is -3.75. The number of halogens is 4. The molecule has 2 aromatic rings. The molecule has 2 saturated carbocycles. The number of hydrogen-bond donors (Lipinski definition) is 2. The lowest BCUT2D eigenvalue weighted by Crippen LogP contribution is -2.48. The topological polar surface area (TPSA) is 114 Å². The van der Waals surface area contributed by atoms with Gasteiger partial charge in [-0.1, -0.05) is 0 Å². The van der Waals surface area contributed by atoms with E-state index in [-0.39, 0.29) is 47.7 Å². The maximum atomic E-state index is 13.2. The van der Waals surface area contributed by atoms with Crippen LogP contribution in [-0.4, -0.2) is 48.7 Å². The van der Waals surface area contributed by atoms with Crippen LogP contribution in [0.2, 0.25) is 0 Å². The minimum Gasteiger partial charge on any atom is -0.484 e. The highest BCUT2D eigenvalue weighted by molar-refractivity contribution is 5.80. The molecule has 2 fully saturated rings. The molecule has 0 radical (unpaired) electrons. The summed E-state index contributed by atoms with van der Waals surface area (Å²) in [5, 5.41) is 5.99. The fraction of sp³-hybridized carbons (Fsp3) is 0.440. The molecule has 2 aliphatic carbocycles. The highest BCUT2D eigenvalue weighted by atomic mass is 19.3. The van der Waals surface area contributed by atoms with Crippen molar-refractivity contribution in [2.75, 3.05) is 13.2 Å². The molecule has 208 valence electrons. The Labute approximate surface area is 218 Å². The van der Waals surface area contributed by atoms with Crippen LogP contribution in [0.3, 0.4) is 0 Å². The third-order valence-corrected chi connectivity index (χ3v) is 7.14. The molecule has 2 amide bonds. The highest BCUT2D eigenvalue weighted by Crippen LogP contribution is 2.50. The summed E-state index contributed by atoms with van der Waals surface area (Å²) >= 11 is 0. The van der Waals surface area contributed by atoms with Crippen molar-refractivity contribution in [1.29, 1.82) is 0 Å². The molecule has 6 rings (SSSR count). The van der Waals surface area contributed by atoms with Crippen molar-refractivity contribution in [2.45, 2.75) is 55.8 Å². The van der Waals surface area contributed by atoms with E-state index in [1.807, 2.05) is 0 Å². The summed E-state index contributed by atoms with van der Waals surface area (Å²) in [6, 6.07) is 7.75. The van der Waals surface area contributed by atoms with Gasteiger partial charge in [-0.15, -0.1) is 17.6 Å². The van der Waals surface area contributed by atoms with Gasteiger partial charge in [-0.25, -0.2) is 0 Å². The van der Waals surface area contributed by atoms with Crippen LogP contribution in [-0.2, 0) is 9.59 Å². The number of fused-ring (bicyclic) bond motifs is 4. The van der Waals surface area contributed by atoms with E-state index in [0.29, 0.717) is 32.1 Å². The molecule has 0 aromatic heterocycles. The number of carbonyl (C=O) groups is 2. The first-order chi connectivity index (χ1) is 18.4. The number of nitrogens with one attached hydrogen (secondary N) is 2. The minimum absolute atomic E-state index is 0.128. The first kappa shape index (κ1) is 25.2. The van der Waals surface area contributed by atoms with Crippen molar-refractivity contribution in [2.24, 2.45) is 0 Å². The van der Waals surface area contributed by atoms with E-state index >= 15 is 0 Å². The molecule has 2 heterocycles. The van der Waals surface area contributed by atoms with Crippen molar-refractivity contribution in [3.63, 3.8) is 0 Å². The van der Waals surface area contributed by atoms with Gasteiger partial charge in [0.15, 0.2) is 36.2 Å². The predicted molar refractivity (Wildman–Crippen MR) is 121 cm³/mol. The van der Waals surface area contributed by atoms with Crippen LogP contribution in [0.1, 0.15) is 32.1 Å². The molecule has 10 nitrogen and oxygen atoms in total. The van der Waals surface area contributed by atoms with E-state index in [9.17, 15) is 27.2 Å². The number of benzene rings is 2. The van der Waals surface area contributed by atoms with Gasteiger partial charge in [0.1, 0.15) is 11.5 Å². The standard InChI is InChI=1S/C25H22F4N2O8/c26-24(27)36-16-3-1-14(9-18(16)38-24)34-11-20(32)30-22-5-7-23(13-22,8-6-22)31-21(33)12-35-15-2-4-17-19(10-15)39-25(28,29)37-17/h1-4,9-10H,5-8,11-13H2,(H,30,32)(H,31,33). The average molecular weight is 554 g/mol. The Morgan fingerprint density at radius 3 is 1.46 bits per heavy atom. The Balaban J connectivity index is 0.976. The van der Waals surface area contributed by atoms with Gasteiger partial charge in [0.2, 0.25) is 0 Å². The second-order valence-electron chi connectivity index (χ2n) is 9.96.